The number of piperazine rings is 2. The predicted octanol–water partition coefficient (Wildman–Crippen LogP) is 6.49. The number of nitrogen functional groups attached to an aromatic ring is 6. The minimum Gasteiger partial charge on any atom is -0.396 e. The maximum atomic E-state index is 13.2. The van der Waals surface area contributed by atoms with Crippen LogP contribution in [-0.4, -0.2) is 172 Å². The molecule has 6 saturated heterocycles. The van der Waals surface area contributed by atoms with Crippen molar-refractivity contribution >= 4 is 78.5 Å². The average molecular weight is 1320 g/mol. The summed E-state index contributed by atoms with van der Waals surface area (Å²) in [5, 5.41) is 3.95. The first-order chi connectivity index (χ1) is 45.3. The number of sulfone groups is 1. The number of imidazole rings is 1. The Bertz CT molecular complexity index is 4020. The van der Waals surface area contributed by atoms with Crippen LogP contribution < -0.4 is 54.0 Å². The zero-order valence-corrected chi connectivity index (χ0v) is 55.5. The highest BCUT2D eigenvalue weighted by molar-refractivity contribution is 7.91. The van der Waals surface area contributed by atoms with Crippen LogP contribution in [0, 0.1) is 13.8 Å². The number of alkyl halides is 2. The lowest BCUT2D eigenvalue weighted by Crippen LogP contribution is -2.53. The molecule has 95 heavy (non-hydrogen) atoms. The molecule has 30 heteroatoms. The Morgan fingerprint density at radius 1 is 0.547 bits per heavy atom. The number of carbonyl (C=O) groups excluding carboxylic acids is 2. The molecule has 0 saturated carbocycles. The minimum absolute atomic E-state index is 0.218. The van der Waals surface area contributed by atoms with E-state index in [0.29, 0.717) is 71.6 Å². The van der Waals surface area contributed by atoms with E-state index in [1.54, 1.807) is 72.7 Å². The SMILES string of the molecule is CC(F)(F)c1nccn1-c1ccncc1N.CC1(C)CCCN1c1ccncc1N.CS(=O)(=O)C1CCCN(c2ccncc2N)C1.Cc1nc(C)n(-c2ccncc2N)n1.Nc1cnccc1N1CC(=O)N2CCCC2C1.Nc1cnccc1N1CCN2C(=O)CC[C@@H]2C1. The van der Waals surface area contributed by atoms with Crippen LogP contribution in [0.3, 0.4) is 0 Å². The van der Waals surface area contributed by atoms with Crippen molar-refractivity contribution in [1.82, 2.24) is 64.0 Å². The van der Waals surface area contributed by atoms with Gasteiger partial charge in [-0.1, -0.05) is 0 Å². The molecular formula is C65H87F2N23O4S. The molecule has 12 N–H and O–H groups in total. The van der Waals surface area contributed by atoms with Crippen LogP contribution in [0.5, 0.6) is 0 Å². The largest absolute Gasteiger partial charge is 0.396 e. The van der Waals surface area contributed by atoms with Crippen molar-refractivity contribution in [1.29, 1.82) is 0 Å². The third kappa shape index (κ3) is 17.2. The number of piperidine rings is 1. The Morgan fingerprint density at radius 2 is 1.02 bits per heavy atom. The van der Waals surface area contributed by atoms with Gasteiger partial charge in [-0.25, -0.2) is 23.1 Å². The van der Waals surface area contributed by atoms with Crippen LogP contribution in [0.25, 0.3) is 11.4 Å². The van der Waals surface area contributed by atoms with E-state index in [9.17, 15) is 26.8 Å². The molecule has 8 aromatic rings. The molecule has 2 unspecified atom stereocenters. The molecule has 27 nitrogen and oxygen atoms in total. The van der Waals surface area contributed by atoms with Gasteiger partial charge in [-0.3, -0.25) is 44.1 Å². The van der Waals surface area contributed by atoms with Crippen LogP contribution in [0.15, 0.2) is 123 Å². The number of fused-ring (bicyclic) bond motifs is 2. The molecule has 6 aliphatic heterocycles. The summed E-state index contributed by atoms with van der Waals surface area (Å²) in [7, 11) is -2.98. The van der Waals surface area contributed by atoms with Gasteiger partial charge in [0.15, 0.2) is 15.7 Å². The summed E-state index contributed by atoms with van der Waals surface area (Å²) < 4.78 is 52.6. The summed E-state index contributed by atoms with van der Waals surface area (Å²) in [6, 6.07) is 11.8. The van der Waals surface area contributed by atoms with Crippen molar-refractivity contribution in [3.8, 4) is 11.4 Å². The van der Waals surface area contributed by atoms with E-state index in [2.05, 4.69) is 73.5 Å². The number of hydrogen-bond acceptors (Lipinski definition) is 23. The van der Waals surface area contributed by atoms with E-state index < -0.39 is 15.8 Å². The Kier molecular flexibility index (Phi) is 22.2. The summed E-state index contributed by atoms with van der Waals surface area (Å²) in [4.78, 5) is 67.9. The first-order valence-electron chi connectivity index (χ1n) is 31.6. The fourth-order valence-corrected chi connectivity index (χ4v) is 13.8. The van der Waals surface area contributed by atoms with Gasteiger partial charge in [0.1, 0.15) is 11.6 Å². The van der Waals surface area contributed by atoms with Gasteiger partial charge in [0.05, 0.1) is 117 Å². The Balaban J connectivity index is 0.000000134. The van der Waals surface area contributed by atoms with Gasteiger partial charge >= 0.3 is 5.92 Å². The second-order valence-corrected chi connectivity index (χ2v) is 27.2. The third-order valence-electron chi connectivity index (χ3n) is 17.5. The lowest BCUT2D eigenvalue weighted by Gasteiger charge is -2.39. The van der Waals surface area contributed by atoms with Crippen LogP contribution in [-0.2, 0) is 25.3 Å². The zero-order valence-electron chi connectivity index (χ0n) is 54.7. The molecule has 6 aliphatic rings. The van der Waals surface area contributed by atoms with E-state index in [-0.39, 0.29) is 22.5 Å². The van der Waals surface area contributed by atoms with Crippen LogP contribution >= 0.6 is 0 Å². The molecule has 506 valence electrons. The molecule has 0 radical (unpaired) electrons. The molecule has 3 atom stereocenters. The van der Waals surface area contributed by atoms with Crippen molar-refractivity contribution in [2.45, 2.75) is 115 Å². The Morgan fingerprint density at radius 3 is 1.52 bits per heavy atom. The fraction of sp³-hybridized carbons (Fsp3) is 0.431. The van der Waals surface area contributed by atoms with Crippen LogP contribution in [0.1, 0.15) is 89.6 Å². The number of carbonyl (C=O) groups is 2. The highest BCUT2D eigenvalue weighted by Gasteiger charge is 2.38. The van der Waals surface area contributed by atoms with E-state index in [1.165, 1.54) is 48.5 Å². The summed E-state index contributed by atoms with van der Waals surface area (Å²) >= 11 is 0. The summed E-state index contributed by atoms with van der Waals surface area (Å²) in [5.74, 6) is -1.28. The van der Waals surface area contributed by atoms with E-state index in [4.69, 9.17) is 34.4 Å². The lowest BCUT2D eigenvalue weighted by molar-refractivity contribution is -0.132. The quantitative estimate of drug-likeness (QED) is 0.0946. The number of nitrogens with zero attached hydrogens (tertiary/aromatic N) is 17. The topological polar surface area (TPSA) is 370 Å². The fourth-order valence-electron chi connectivity index (χ4n) is 12.7. The highest BCUT2D eigenvalue weighted by atomic mass is 32.2. The highest BCUT2D eigenvalue weighted by Crippen LogP contribution is 2.37. The second kappa shape index (κ2) is 30.4. The number of aryl methyl sites for hydroxylation is 2. The van der Waals surface area contributed by atoms with Gasteiger partial charge in [0.2, 0.25) is 11.8 Å². The first kappa shape index (κ1) is 69.3. The molecule has 0 bridgehead atoms. The normalized spacial score (nSPS) is 18.9. The maximum Gasteiger partial charge on any atom is 0.302 e. The number of rotatable bonds is 8. The monoisotopic (exact) mass is 1320 g/mol. The molecule has 0 spiro atoms. The minimum atomic E-state index is -3.01. The third-order valence-corrected chi connectivity index (χ3v) is 19.1. The number of pyridine rings is 6. The number of aromatic nitrogens is 11. The molecule has 2 amide bonds. The Hall–Kier alpha value is -10.0. The van der Waals surface area contributed by atoms with E-state index in [0.717, 1.165) is 131 Å². The average Bonchev–Trinajstić information content (AvgIpc) is 1.84. The van der Waals surface area contributed by atoms with Crippen LogP contribution in [0.4, 0.5) is 65.7 Å². The smallest absolute Gasteiger partial charge is 0.302 e. The first-order valence-corrected chi connectivity index (χ1v) is 33.5. The van der Waals surface area contributed by atoms with Crippen molar-refractivity contribution in [3.63, 3.8) is 0 Å². The molecule has 14 heterocycles. The number of nitrogens with two attached hydrogens (primary N) is 6. The van der Waals surface area contributed by atoms with Crippen molar-refractivity contribution in [3.05, 3.63) is 141 Å². The second-order valence-electron chi connectivity index (χ2n) is 24.8. The molecule has 6 fully saturated rings. The number of hydrogen-bond donors (Lipinski definition) is 6. The summed E-state index contributed by atoms with van der Waals surface area (Å²) in [6.45, 7) is 16.3. The van der Waals surface area contributed by atoms with Crippen LogP contribution in [0.2, 0.25) is 0 Å². The van der Waals surface area contributed by atoms with Crippen molar-refractivity contribution < 1.29 is 26.8 Å². The van der Waals surface area contributed by atoms with E-state index in [1.807, 2.05) is 58.9 Å². The number of amides is 2. The van der Waals surface area contributed by atoms with Gasteiger partial charge in [0, 0.05) is 139 Å². The maximum absolute atomic E-state index is 13.2. The summed E-state index contributed by atoms with van der Waals surface area (Å²) in [5.41, 5.74) is 44.2. The van der Waals surface area contributed by atoms with Gasteiger partial charge in [-0.05, 0) is 109 Å². The van der Waals surface area contributed by atoms with Gasteiger partial charge in [0.25, 0.3) is 0 Å². The van der Waals surface area contributed by atoms with Gasteiger partial charge < -0.3 is 63.8 Å². The zero-order chi connectivity index (χ0) is 68.2. The molecular weight excluding hydrogens is 1240 g/mol. The molecule has 0 aliphatic carbocycles. The lowest BCUT2D eigenvalue weighted by atomic mass is 10.0. The van der Waals surface area contributed by atoms with Gasteiger partial charge in [-0.15, -0.1) is 0 Å². The molecule has 14 rings (SSSR count). The predicted molar refractivity (Wildman–Crippen MR) is 368 cm³/mol. The van der Waals surface area contributed by atoms with Crippen molar-refractivity contribution in [2.24, 2.45) is 0 Å². The number of halogens is 2. The molecule has 0 aromatic carbocycles. The Labute approximate surface area is 552 Å². The standard InChI is InChI=1S/2C12H16N4O.C11H17N3O2S.C11H17N3.C10H10F2N4.C9H11N5/c13-10-7-14-4-3-11(10)15-5-6-16-9(8-15)1-2-12(16)17;13-10-6-14-4-3-11(10)15-7-9-2-1-5-16(9)12(17)8-15;1-17(15,16)9-3-2-6-14(8-9)11-4-5-13-7-10(11)12;1-11(2)5-3-7-14(11)10-4-6-13-8-9(10)12;1-10(11,12)9-15-4-5-16(9)8-2-3-14-6-7(8)13;1-6-12-7(2)14(13-6)9-3-4-11-5-8(9)10/h3-4,7,9H,1-2,5-6,8,13H2;3-4,6,9H,1-2,5,7-8,13H2;4-5,7,9H,2-3,6,8,12H2,1H3;4,6,8H,3,5,7,12H2,1-2H3;2-6H,13H2,1H3;3-5H,10H2,1-2H3/t9-;;;;;/m1...../s1. The van der Waals surface area contributed by atoms with Gasteiger partial charge in [-0.2, -0.15) is 13.9 Å². The van der Waals surface area contributed by atoms with E-state index >= 15 is 0 Å². The number of anilines is 10. The summed E-state index contributed by atoms with van der Waals surface area (Å²) in [6.07, 6.45) is 31.8. The molecule has 8 aromatic heterocycles. The van der Waals surface area contributed by atoms with Crippen molar-refractivity contribution in [2.75, 3.05) is 119 Å².